The number of benzene rings is 1. The lowest BCUT2D eigenvalue weighted by Gasteiger charge is -2.07. The average molecular weight is 278 g/mol. The number of amides is 1. The topological polar surface area (TPSA) is 78.0 Å². The molecule has 0 atom stereocenters. The average Bonchev–Trinajstić information content (AvgIpc) is 2.93. The second kappa shape index (κ2) is 6.06. The number of halogens is 1. The third-order valence-corrected chi connectivity index (χ3v) is 2.61. The molecule has 0 saturated carbocycles. The van der Waals surface area contributed by atoms with E-state index in [9.17, 15) is 4.79 Å². The van der Waals surface area contributed by atoms with Crippen LogP contribution in [0.5, 0.6) is 0 Å². The van der Waals surface area contributed by atoms with Crippen LogP contribution in [0.15, 0.2) is 42.6 Å². The van der Waals surface area contributed by atoms with Crippen molar-refractivity contribution in [3.63, 3.8) is 0 Å². The molecule has 0 saturated heterocycles. The van der Waals surface area contributed by atoms with Gasteiger partial charge in [0.2, 0.25) is 0 Å². The molecule has 5 nitrogen and oxygen atoms in total. The summed E-state index contributed by atoms with van der Waals surface area (Å²) in [4.78, 5) is 14.4. The van der Waals surface area contributed by atoms with E-state index >= 15 is 0 Å². The molecule has 0 unspecified atom stereocenters. The summed E-state index contributed by atoms with van der Waals surface area (Å²) < 4.78 is 4.93. The molecule has 6 heteroatoms. The van der Waals surface area contributed by atoms with Crippen LogP contribution in [0, 0.1) is 5.41 Å². The van der Waals surface area contributed by atoms with E-state index in [2.05, 4.69) is 10.3 Å². The normalized spacial score (nSPS) is 9.95. The fraction of sp³-hybridized carbons (Fsp3) is 0.0769. The Morgan fingerprint density at radius 3 is 2.68 bits per heavy atom. The van der Waals surface area contributed by atoms with Crippen LogP contribution in [0.25, 0.3) is 0 Å². The monoisotopic (exact) mass is 277 g/mol. The highest BCUT2D eigenvalue weighted by Gasteiger charge is 2.07. The minimum absolute atomic E-state index is 0.0973. The van der Waals surface area contributed by atoms with Crippen molar-refractivity contribution in [2.45, 2.75) is 0 Å². The Morgan fingerprint density at radius 2 is 2.05 bits per heavy atom. The van der Waals surface area contributed by atoms with Gasteiger partial charge in [-0.3, -0.25) is 10.7 Å². The van der Waals surface area contributed by atoms with E-state index in [0.29, 0.717) is 16.4 Å². The van der Waals surface area contributed by atoms with Crippen LogP contribution in [0.2, 0.25) is 5.02 Å². The summed E-state index contributed by atoms with van der Waals surface area (Å²) in [5.41, 5.74) is 1.41. The van der Waals surface area contributed by atoms with Gasteiger partial charge in [-0.25, -0.2) is 4.79 Å². The van der Waals surface area contributed by atoms with Crippen molar-refractivity contribution in [3.05, 3.63) is 53.3 Å². The molecule has 2 rings (SSSR count). The Kier molecular flexibility index (Phi) is 4.20. The largest absolute Gasteiger partial charge is 0.443 e. The first-order valence-corrected chi connectivity index (χ1v) is 5.93. The van der Waals surface area contributed by atoms with E-state index in [-0.39, 0.29) is 12.3 Å². The van der Waals surface area contributed by atoms with Crippen LogP contribution in [-0.4, -0.2) is 23.4 Å². The number of rotatable bonds is 4. The SMILES string of the molecule is N=C(COC(=O)Nc1ccc(Cl)cc1)c1ccc[nH]1. The van der Waals surface area contributed by atoms with Gasteiger partial charge in [-0.15, -0.1) is 0 Å². The molecule has 1 aromatic heterocycles. The predicted molar refractivity (Wildman–Crippen MR) is 74.0 cm³/mol. The second-order valence-corrected chi connectivity index (χ2v) is 4.21. The zero-order valence-electron chi connectivity index (χ0n) is 9.94. The Hall–Kier alpha value is -2.27. The van der Waals surface area contributed by atoms with Gasteiger partial charge in [0.15, 0.2) is 0 Å². The molecular formula is C13H12ClN3O2. The summed E-state index contributed by atoms with van der Waals surface area (Å²) in [7, 11) is 0. The number of hydrogen-bond donors (Lipinski definition) is 3. The van der Waals surface area contributed by atoms with Crippen LogP contribution in [0.3, 0.4) is 0 Å². The van der Waals surface area contributed by atoms with Crippen molar-refractivity contribution >= 4 is 29.1 Å². The Bertz CT molecular complexity index is 564. The molecule has 3 N–H and O–H groups in total. The lowest BCUT2D eigenvalue weighted by atomic mass is 10.3. The number of ether oxygens (including phenoxy) is 1. The van der Waals surface area contributed by atoms with Crippen molar-refractivity contribution in [2.24, 2.45) is 0 Å². The summed E-state index contributed by atoms with van der Waals surface area (Å²) >= 11 is 5.73. The summed E-state index contributed by atoms with van der Waals surface area (Å²) in [6, 6.07) is 10.2. The van der Waals surface area contributed by atoms with Crippen LogP contribution in [0.4, 0.5) is 10.5 Å². The number of anilines is 1. The van der Waals surface area contributed by atoms with Crippen molar-refractivity contribution in [2.75, 3.05) is 11.9 Å². The molecule has 0 fully saturated rings. The number of aromatic amines is 1. The van der Waals surface area contributed by atoms with Gasteiger partial charge in [0.05, 0.1) is 11.4 Å². The maximum absolute atomic E-state index is 11.5. The number of carbonyl (C=O) groups excluding carboxylic acids is 1. The van der Waals surface area contributed by atoms with E-state index in [1.54, 1.807) is 42.6 Å². The third kappa shape index (κ3) is 3.86. The van der Waals surface area contributed by atoms with E-state index in [4.69, 9.17) is 21.7 Å². The van der Waals surface area contributed by atoms with E-state index in [1.807, 2.05) is 0 Å². The first-order valence-electron chi connectivity index (χ1n) is 5.55. The molecule has 0 aliphatic rings. The molecule has 2 aromatic rings. The van der Waals surface area contributed by atoms with E-state index in [1.165, 1.54) is 0 Å². The van der Waals surface area contributed by atoms with Crippen LogP contribution in [-0.2, 0) is 4.74 Å². The smallest absolute Gasteiger partial charge is 0.412 e. The van der Waals surface area contributed by atoms with Crippen molar-refractivity contribution in [1.29, 1.82) is 5.41 Å². The molecule has 0 aliphatic carbocycles. The predicted octanol–water partition coefficient (Wildman–Crippen LogP) is 3.28. The van der Waals surface area contributed by atoms with Gasteiger partial charge in [-0.05, 0) is 36.4 Å². The molecule has 0 aliphatic heterocycles. The fourth-order valence-electron chi connectivity index (χ4n) is 1.42. The fourth-order valence-corrected chi connectivity index (χ4v) is 1.55. The van der Waals surface area contributed by atoms with Gasteiger partial charge in [-0.2, -0.15) is 0 Å². The molecule has 98 valence electrons. The number of hydrogen-bond acceptors (Lipinski definition) is 3. The quantitative estimate of drug-likeness (QED) is 0.750. The Balaban J connectivity index is 1.82. The maximum atomic E-state index is 11.5. The minimum atomic E-state index is -0.612. The Labute approximate surface area is 115 Å². The van der Waals surface area contributed by atoms with Crippen LogP contribution >= 0.6 is 11.6 Å². The van der Waals surface area contributed by atoms with Crippen molar-refractivity contribution < 1.29 is 9.53 Å². The summed E-state index contributed by atoms with van der Waals surface area (Å²) in [6.07, 6.45) is 1.09. The molecule has 0 radical (unpaired) electrons. The molecular weight excluding hydrogens is 266 g/mol. The lowest BCUT2D eigenvalue weighted by Crippen LogP contribution is -2.19. The van der Waals surface area contributed by atoms with Gasteiger partial charge in [0.25, 0.3) is 0 Å². The van der Waals surface area contributed by atoms with Crippen molar-refractivity contribution in [1.82, 2.24) is 4.98 Å². The third-order valence-electron chi connectivity index (χ3n) is 2.36. The lowest BCUT2D eigenvalue weighted by molar-refractivity contribution is 0.177. The number of nitrogens with one attached hydrogen (secondary N) is 3. The summed E-state index contributed by atoms with van der Waals surface area (Å²) in [5.74, 6) is 0. The summed E-state index contributed by atoms with van der Waals surface area (Å²) in [6.45, 7) is -0.0973. The van der Waals surface area contributed by atoms with Crippen molar-refractivity contribution in [3.8, 4) is 0 Å². The van der Waals surface area contributed by atoms with E-state index in [0.717, 1.165) is 0 Å². The van der Waals surface area contributed by atoms with Gasteiger partial charge < -0.3 is 9.72 Å². The van der Waals surface area contributed by atoms with Gasteiger partial charge in [0, 0.05) is 16.9 Å². The first kappa shape index (κ1) is 13.2. The molecule has 0 spiro atoms. The molecule has 1 amide bonds. The molecule has 0 bridgehead atoms. The molecule has 1 heterocycles. The van der Waals surface area contributed by atoms with Crippen LogP contribution < -0.4 is 5.32 Å². The summed E-state index contributed by atoms with van der Waals surface area (Å²) in [5, 5.41) is 10.8. The van der Waals surface area contributed by atoms with Gasteiger partial charge in [-0.1, -0.05) is 11.6 Å². The minimum Gasteiger partial charge on any atom is -0.443 e. The number of aromatic nitrogens is 1. The first-order chi connectivity index (χ1) is 9.15. The highest BCUT2D eigenvalue weighted by atomic mass is 35.5. The zero-order chi connectivity index (χ0) is 13.7. The van der Waals surface area contributed by atoms with Crippen LogP contribution in [0.1, 0.15) is 5.69 Å². The number of H-pyrrole nitrogens is 1. The molecule has 19 heavy (non-hydrogen) atoms. The maximum Gasteiger partial charge on any atom is 0.412 e. The highest BCUT2D eigenvalue weighted by Crippen LogP contribution is 2.13. The Morgan fingerprint density at radius 1 is 1.32 bits per heavy atom. The van der Waals surface area contributed by atoms with E-state index < -0.39 is 6.09 Å². The highest BCUT2D eigenvalue weighted by molar-refractivity contribution is 6.30. The second-order valence-electron chi connectivity index (χ2n) is 3.77. The standard InChI is InChI=1S/C13H12ClN3O2/c14-9-3-5-10(6-4-9)17-13(18)19-8-11(15)12-2-1-7-16-12/h1-7,15-16H,8H2,(H,17,18). The zero-order valence-corrected chi connectivity index (χ0v) is 10.7. The number of carbonyl (C=O) groups is 1. The molecule has 1 aromatic carbocycles. The van der Waals surface area contributed by atoms with Gasteiger partial charge in [0.1, 0.15) is 6.61 Å². The van der Waals surface area contributed by atoms with Gasteiger partial charge >= 0.3 is 6.09 Å².